The van der Waals surface area contributed by atoms with E-state index in [0.29, 0.717) is 0 Å². The number of rotatable bonds is 1. The summed E-state index contributed by atoms with van der Waals surface area (Å²) in [6, 6.07) is 0. The second-order valence-corrected chi connectivity index (χ2v) is 0.995. The summed E-state index contributed by atoms with van der Waals surface area (Å²) >= 11 is 0. The summed E-state index contributed by atoms with van der Waals surface area (Å²) in [7, 11) is 0. The molecule has 0 heterocycles. The molecular formula is C3H6AlNaO4Zr+6. The van der Waals surface area contributed by atoms with Gasteiger partial charge in [0.2, 0.25) is 0 Å². The van der Waals surface area contributed by atoms with Gasteiger partial charge >= 0.3 is 73.1 Å². The molecule has 10 heavy (non-hydrogen) atoms. The predicted molar refractivity (Wildman–Crippen MR) is 24.4 cm³/mol. The van der Waals surface area contributed by atoms with Gasteiger partial charge in [-0.25, -0.2) is 0 Å². The van der Waals surface area contributed by atoms with E-state index in [1.165, 1.54) is 0 Å². The van der Waals surface area contributed by atoms with Crippen LogP contribution in [0, 0.1) is 0 Å². The molecule has 0 aromatic heterocycles. The fourth-order valence-corrected chi connectivity index (χ4v) is 0. The van der Waals surface area contributed by atoms with Crippen molar-refractivity contribution < 1.29 is 76.2 Å². The van der Waals surface area contributed by atoms with Gasteiger partial charge in [0, 0.05) is 0 Å². The van der Waals surface area contributed by atoms with Crippen LogP contribution in [0.3, 0.4) is 0 Å². The Bertz CT molecular complexity index is 71.5. The van der Waals surface area contributed by atoms with Crippen LogP contribution in [0.15, 0.2) is 0 Å². The molecule has 0 aliphatic carbocycles. The van der Waals surface area contributed by atoms with Gasteiger partial charge in [0.05, 0.1) is 12.1 Å². The molecule has 0 spiro atoms. The van der Waals surface area contributed by atoms with Crippen molar-refractivity contribution in [2.24, 2.45) is 0 Å². The van der Waals surface area contributed by atoms with Crippen LogP contribution in [0.4, 0.5) is 0 Å². The monoisotopic (exact) mass is 246 g/mol. The molecule has 4 nitrogen and oxygen atoms in total. The summed E-state index contributed by atoms with van der Waals surface area (Å²) in [6.45, 7) is 1.13. The molecule has 0 saturated carbocycles. The van der Waals surface area contributed by atoms with Crippen molar-refractivity contribution in [2.45, 2.75) is 13.0 Å². The Kier molecular flexibility index (Phi) is 50.8. The number of hydrogen-bond donors (Lipinski definition) is 1. The van der Waals surface area contributed by atoms with E-state index < -0.39 is 12.1 Å². The van der Waals surface area contributed by atoms with E-state index >= 15 is 0 Å². The van der Waals surface area contributed by atoms with Crippen molar-refractivity contribution in [3.63, 3.8) is 0 Å². The molecule has 0 fully saturated rings. The van der Waals surface area contributed by atoms with Crippen LogP contribution in [0.1, 0.15) is 6.92 Å². The van der Waals surface area contributed by atoms with Gasteiger partial charge in [0.1, 0.15) is 0 Å². The smallest absolute Gasteiger partial charge is 0.870 e. The Morgan fingerprint density at radius 3 is 1.70 bits per heavy atom. The number of aliphatic hydroxyl groups excluding tert-OH is 1. The zero-order valence-corrected chi connectivity index (χ0v) is 11.5. The minimum atomic E-state index is -1.44. The van der Waals surface area contributed by atoms with Crippen LogP contribution in [0.25, 0.3) is 0 Å². The first kappa shape index (κ1) is 29.8. The van der Waals surface area contributed by atoms with Crippen molar-refractivity contribution in [2.75, 3.05) is 0 Å². The molecule has 0 saturated heterocycles. The van der Waals surface area contributed by atoms with Gasteiger partial charge in [-0.2, -0.15) is 0 Å². The van der Waals surface area contributed by atoms with Gasteiger partial charge in [0.15, 0.2) is 0 Å². The number of carboxylic acid groups (broad SMARTS) is 1. The third-order valence-electron chi connectivity index (χ3n) is 0.341. The molecule has 1 unspecified atom stereocenters. The van der Waals surface area contributed by atoms with E-state index in [1.54, 1.807) is 0 Å². The molecule has 1 atom stereocenters. The van der Waals surface area contributed by atoms with Gasteiger partial charge in [-0.15, -0.1) is 0 Å². The van der Waals surface area contributed by atoms with E-state index in [2.05, 4.69) is 0 Å². The molecule has 0 amide bonds. The molecule has 0 bridgehead atoms. The third kappa shape index (κ3) is 22.6. The van der Waals surface area contributed by atoms with Crippen molar-refractivity contribution in [3.8, 4) is 0 Å². The maximum absolute atomic E-state index is 9.34. The first-order chi connectivity index (χ1) is 2.64. The van der Waals surface area contributed by atoms with Crippen LogP contribution in [0.5, 0.6) is 0 Å². The average Bonchev–Trinajstić information content (AvgIpc) is 1.36. The summed E-state index contributed by atoms with van der Waals surface area (Å²) in [5, 5.41) is 17.3. The number of carbonyl (C=O) groups excluding carboxylic acids is 1. The maximum Gasteiger partial charge on any atom is 4.00 e. The second-order valence-electron chi connectivity index (χ2n) is 0.995. The second kappa shape index (κ2) is 17.1. The topological polar surface area (TPSA) is 90.4 Å². The molecule has 7 heteroatoms. The van der Waals surface area contributed by atoms with E-state index in [9.17, 15) is 9.90 Å². The molecule has 2 N–H and O–H groups in total. The fourth-order valence-electron chi connectivity index (χ4n) is 0. The predicted octanol–water partition coefficient (Wildman–Crippen LogP) is -5.44. The quantitative estimate of drug-likeness (QED) is 0.468. The summed E-state index contributed by atoms with van der Waals surface area (Å²) in [4.78, 5) is 9.34. The summed E-state index contributed by atoms with van der Waals surface area (Å²) in [5.74, 6) is -1.44. The van der Waals surface area contributed by atoms with E-state index in [0.717, 1.165) is 6.92 Å². The summed E-state index contributed by atoms with van der Waals surface area (Å²) in [5.41, 5.74) is 0. The fraction of sp³-hybridized carbons (Fsp3) is 0.667. The van der Waals surface area contributed by atoms with Gasteiger partial charge in [0.25, 0.3) is 0 Å². The van der Waals surface area contributed by atoms with Crippen molar-refractivity contribution in [1.29, 1.82) is 0 Å². The van der Waals surface area contributed by atoms with Gasteiger partial charge in [-0.05, 0) is 6.92 Å². The summed E-state index contributed by atoms with van der Waals surface area (Å²) in [6.07, 6.45) is -1.34. The first-order valence-electron chi connectivity index (χ1n) is 1.53. The molecule has 0 aliphatic rings. The van der Waals surface area contributed by atoms with E-state index in [-0.39, 0.29) is 78.6 Å². The Balaban J connectivity index is -0.0000000208. The Morgan fingerprint density at radius 2 is 1.70 bits per heavy atom. The molecule has 0 radical (unpaired) electrons. The minimum absolute atomic E-state index is 0. The maximum atomic E-state index is 9.34. The van der Waals surface area contributed by atoms with Gasteiger partial charge in [-0.1, -0.05) is 0 Å². The Morgan fingerprint density at radius 1 is 1.60 bits per heavy atom. The van der Waals surface area contributed by atoms with Crippen LogP contribution in [0.2, 0.25) is 0 Å². The Hall–Kier alpha value is 1.81. The van der Waals surface area contributed by atoms with Crippen molar-refractivity contribution in [3.05, 3.63) is 0 Å². The van der Waals surface area contributed by atoms with E-state index in [1.807, 2.05) is 0 Å². The van der Waals surface area contributed by atoms with Crippen LogP contribution in [-0.4, -0.2) is 40.0 Å². The van der Waals surface area contributed by atoms with E-state index in [4.69, 9.17) is 5.11 Å². The number of hydrogen-bond acceptors (Lipinski definition) is 4. The standard InChI is InChI=1S/C3H6O3.Al.Na.H2O.Zr/c1-2(4)3(5)6;;;;/h2,4H,1H3,(H,5,6);;;1H2;/q;+3;+1;;+4/p-2. The zero-order chi connectivity index (χ0) is 5.15. The van der Waals surface area contributed by atoms with Crippen molar-refractivity contribution in [1.82, 2.24) is 0 Å². The first-order valence-corrected chi connectivity index (χ1v) is 1.53. The molecule has 44 valence electrons. The molecule has 0 aliphatic heterocycles. The van der Waals surface area contributed by atoms with Gasteiger partial charge in [-0.3, -0.25) is 0 Å². The molecular weight excluding hydrogens is 241 g/mol. The van der Waals surface area contributed by atoms with Crippen LogP contribution >= 0.6 is 0 Å². The molecule has 0 aromatic rings. The SMILES string of the molecule is CC(O)C(=O)[O-].[Al+3].[Na+].[OH-].[Zr+4]. The van der Waals surface area contributed by atoms with Gasteiger partial charge < -0.3 is 20.5 Å². The largest absolute Gasteiger partial charge is 4.00 e. The number of carbonyl (C=O) groups is 1. The number of aliphatic hydroxyl groups is 1. The minimum Gasteiger partial charge on any atom is -0.870 e. The number of aliphatic carboxylic acids is 1. The third-order valence-corrected chi connectivity index (χ3v) is 0.341. The molecule has 0 aromatic carbocycles. The number of carboxylic acids is 1. The zero-order valence-electron chi connectivity index (χ0n) is 5.87. The summed E-state index contributed by atoms with van der Waals surface area (Å²) < 4.78 is 0. The average molecular weight is 247 g/mol. The normalized spacial score (nSPS) is 8.20. The molecule has 0 rings (SSSR count). The van der Waals surface area contributed by atoms with Crippen LogP contribution in [-0.2, 0) is 31.0 Å². The Labute approximate surface area is 111 Å². The van der Waals surface area contributed by atoms with Crippen LogP contribution < -0.4 is 34.7 Å². The van der Waals surface area contributed by atoms with Crippen molar-refractivity contribution >= 4 is 23.3 Å².